The minimum Gasteiger partial charge on any atom is -0.457 e. The lowest BCUT2D eigenvalue weighted by atomic mass is 9.91. The van der Waals surface area contributed by atoms with Gasteiger partial charge in [0.2, 0.25) is 5.91 Å². The second-order valence-corrected chi connectivity index (χ2v) is 13.1. The number of piperazine rings is 2. The third-order valence-electron chi connectivity index (χ3n) is 9.27. The van der Waals surface area contributed by atoms with Gasteiger partial charge in [-0.1, -0.05) is 26.0 Å². The molecule has 0 aromatic heterocycles. The highest BCUT2D eigenvalue weighted by molar-refractivity contribution is 5.78. The number of aliphatic hydroxyl groups excluding tert-OH is 1. The van der Waals surface area contributed by atoms with Crippen molar-refractivity contribution in [2.45, 2.75) is 58.3 Å². The number of esters is 1. The Hall–Kier alpha value is -3.48. The van der Waals surface area contributed by atoms with Gasteiger partial charge in [0.15, 0.2) is 0 Å². The number of benzene rings is 1. The standard InChI is InChI=1S/C35H51FN4O7/c1-24-6-8-30(41)22-33(43)47-34(25(2)7-9-31(24)46-35(44)40-12-10-37(4)11-13-40)26(3)18-27-19-28(36)21-29(20-27)38-14-16-39(17-15-38)32(42)23-45-5/h7,9,18-21,24-25,30-31,34,41H,6,8,10-17,22-23H2,1-5H3/b9-7?,26-18+/t24-,25-,30+,31-,34-/m0/s1. The molecule has 12 heteroatoms. The van der Waals surface area contributed by atoms with Crippen LogP contribution in [0.2, 0.25) is 0 Å². The van der Waals surface area contributed by atoms with E-state index in [4.69, 9.17) is 14.2 Å². The van der Waals surface area contributed by atoms with Crippen molar-refractivity contribution in [3.63, 3.8) is 0 Å². The molecule has 2 saturated heterocycles. The van der Waals surface area contributed by atoms with Crippen LogP contribution in [-0.4, -0.2) is 129 Å². The van der Waals surface area contributed by atoms with E-state index in [-0.39, 0.29) is 36.9 Å². The summed E-state index contributed by atoms with van der Waals surface area (Å²) in [6.07, 6.45) is 3.90. The number of likely N-dealkylation sites (N-methyl/N-ethyl adjacent to an activating group) is 1. The minimum atomic E-state index is -0.890. The molecule has 47 heavy (non-hydrogen) atoms. The number of cyclic esters (lactones) is 1. The molecule has 3 aliphatic heterocycles. The van der Waals surface area contributed by atoms with E-state index >= 15 is 0 Å². The number of hydrogen-bond donors (Lipinski definition) is 1. The van der Waals surface area contributed by atoms with E-state index in [9.17, 15) is 23.9 Å². The zero-order chi connectivity index (χ0) is 34.1. The molecule has 0 bridgehead atoms. The maximum absolute atomic E-state index is 14.9. The van der Waals surface area contributed by atoms with Crippen LogP contribution in [0.25, 0.3) is 6.08 Å². The first-order valence-electron chi connectivity index (χ1n) is 16.6. The Kier molecular flexibility index (Phi) is 13.2. The number of anilines is 1. The van der Waals surface area contributed by atoms with E-state index in [0.717, 1.165) is 13.1 Å². The van der Waals surface area contributed by atoms with Crippen molar-refractivity contribution in [1.82, 2.24) is 14.7 Å². The summed E-state index contributed by atoms with van der Waals surface area (Å²) in [5.74, 6) is -1.37. The molecule has 1 aromatic carbocycles. The van der Waals surface area contributed by atoms with Gasteiger partial charge in [-0.05, 0) is 68.1 Å². The van der Waals surface area contributed by atoms with Crippen molar-refractivity contribution >= 4 is 29.7 Å². The van der Waals surface area contributed by atoms with Crippen molar-refractivity contribution in [3.8, 4) is 0 Å². The second kappa shape index (κ2) is 17.1. The van der Waals surface area contributed by atoms with Crippen molar-refractivity contribution in [2.24, 2.45) is 11.8 Å². The molecular weight excluding hydrogens is 607 g/mol. The topological polar surface area (TPSA) is 112 Å². The van der Waals surface area contributed by atoms with Crippen LogP contribution < -0.4 is 4.90 Å². The van der Waals surface area contributed by atoms with Crippen molar-refractivity contribution in [2.75, 3.05) is 78.0 Å². The average Bonchev–Trinajstić information content (AvgIpc) is 3.03. The molecule has 0 unspecified atom stereocenters. The molecule has 1 aromatic rings. The lowest BCUT2D eigenvalue weighted by Crippen LogP contribution is -2.49. The quantitative estimate of drug-likeness (QED) is 0.362. The highest BCUT2D eigenvalue weighted by Gasteiger charge is 2.29. The summed E-state index contributed by atoms with van der Waals surface area (Å²) in [7, 11) is 3.52. The molecule has 260 valence electrons. The predicted octanol–water partition coefficient (Wildman–Crippen LogP) is 3.56. The maximum atomic E-state index is 14.9. The summed E-state index contributed by atoms with van der Waals surface area (Å²) >= 11 is 0. The zero-order valence-electron chi connectivity index (χ0n) is 28.4. The average molecular weight is 659 g/mol. The number of ether oxygens (including phenoxy) is 3. The van der Waals surface area contributed by atoms with Crippen molar-refractivity contribution in [3.05, 3.63) is 47.3 Å². The van der Waals surface area contributed by atoms with Crippen LogP contribution in [0.5, 0.6) is 0 Å². The number of rotatable bonds is 6. The molecule has 2 amide bonds. The smallest absolute Gasteiger partial charge is 0.410 e. The van der Waals surface area contributed by atoms with Gasteiger partial charge in [-0.25, -0.2) is 9.18 Å². The first kappa shape index (κ1) is 36.4. The summed E-state index contributed by atoms with van der Waals surface area (Å²) in [6, 6.07) is 4.80. The first-order chi connectivity index (χ1) is 22.4. The number of nitrogens with zero attached hydrogens (tertiary/aromatic N) is 4. The molecule has 3 aliphatic rings. The molecule has 1 N–H and O–H groups in total. The van der Waals surface area contributed by atoms with Gasteiger partial charge in [0.25, 0.3) is 0 Å². The Labute approximate surface area is 277 Å². The lowest BCUT2D eigenvalue weighted by molar-refractivity contribution is -0.151. The van der Waals surface area contributed by atoms with Gasteiger partial charge in [-0.15, -0.1) is 0 Å². The summed E-state index contributed by atoms with van der Waals surface area (Å²) in [5.41, 5.74) is 2.02. The summed E-state index contributed by atoms with van der Waals surface area (Å²) in [5, 5.41) is 10.6. The highest BCUT2D eigenvalue weighted by Crippen LogP contribution is 2.28. The maximum Gasteiger partial charge on any atom is 0.410 e. The van der Waals surface area contributed by atoms with Gasteiger partial charge in [-0.2, -0.15) is 0 Å². The Bertz CT molecular complexity index is 1290. The van der Waals surface area contributed by atoms with E-state index < -0.39 is 30.1 Å². The molecule has 0 spiro atoms. The van der Waals surface area contributed by atoms with Crippen LogP contribution in [0.15, 0.2) is 35.9 Å². The van der Waals surface area contributed by atoms with E-state index in [1.807, 2.05) is 57.0 Å². The summed E-state index contributed by atoms with van der Waals surface area (Å²) in [6.45, 7) is 10.7. The molecular formula is C35H51FN4O7. The number of amides is 2. The van der Waals surface area contributed by atoms with Crippen LogP contribution in [0, 0.1) is 17.7 Å². The van der Waals surface area contributed by atoms with E-state index in [1.54, 1.807) is 9.80 Å². The monoisotopic (exact) mass is 658 g/mol. The molecule has 3 heterocycles. The fourth-order valence-electron chi connectivity index (χ4n) is 6.27. The summed E-state index contributed by atoms with van der Waals surface area (Å²) in [4.78, 5) is 45.9. The van der Waals surface area contributed by atoms with E-state index in [0.29, 0.717) is 68.9 Å². The van der Waals surface area contributed by atoms with Crippen LogP contribution in [-0.2, 0) is 23.8 Å². The molecule has 0 saturated carbocycles. The van der Waals surface area contributed by atoms with Gasteiger partial charge >= 0.3 is 12.1 Å². The second-order valence-electron chi connectivity index (χ2n) is 13.1. The van der Waals surface area contributed by atoms with Crippen LogP contribution >= 0.6 is 0 Å². The van der Waals surface area contributed by atoms with E-state index in [2.05, 4.69) is 4.90 Å². The predicted molar refractivity (Wildman–Crippen MR) is 177 cm³/mol. The molecule has 4 rings (SSSR count). The molecule has 0 radical (unpaired) electrons. The molecule has 5 atom stereocenters. The zero-order valence-corrected chi connectivity index (χ0v) is 28.4. The van der Waals surface area contributed by atoms with Gasteiger partial charge in [0.1, 0.15) is 24.6 Å². The highest BCUT2D eigenvalue weighted by atomic mass is 19.1. The SMILES string of the molecule is COCC(=O)N1CCN(c2cc(F)cc(/C=C(\C)[C@H]3OC(=O)C[C@H](O)CC[C@H](C)[C@@H](OC(=O)N4CCN(C)CC4)C=C[C@@H]3C)c2)CC1. The number of carbonyl (C=O) groups excluding carboxylic acids is 3. The number of hydrogen-bond acceptors (Lipinski definition) is 9. The van der Waals surface area contributed by atoms with Crippen LogP contribution in [0.1, 0.15) is 45.6 Å². The van der Waals surface area contributed by atoms with Gasteiger partial charge in [0.05, 0.1) is 12.5 Å². The Morgan fingerprint density at radius 3 is 2.36 bits per heavy atom. The Balaban J connectivity index is 1.52. The van der Waals surface area contributed by atoms with Gasteiger partial charge in [0, 0.05) is 71.1 Å². The van der Waals surface area contributed by atoms with E-state index in [1.165, 1.54) is 19.2 Å². The summed E-state index contributed by atoms with van der Waals surface area (Å²) < 4.78 is 31.8. The normalized spacial score (nSPS) is 27.1. The third kappa shape index (κ3) is 10.5. The molecule has 0 aliphatic carbocycles. The minimum absolute atomic E-state index is 0.0357. The van der Waals surface area contributed by atoms with Crippen molar-refractivity contribution in [1.29, 1.82) is 0 Å². The Morgan fingerprint density at radius 1 is 1.00 bits per heavy atom. The molecule has 11 nitrogen and oxygen atoms in total. The fraction of sp³-hybridized carbons (Fsp3) is 0.629. The third-order valence-corrected chi connectivity index (χ3v) is 9.27. The number of carbonyl (C=O) groups is 3. The van der Waals surface area contributed by atoms with Crippen LogP contribution in [0.3, 0.4) is 0 Å². The number of aliphatic hydroxyl groups is 1. The van der Waals surface area contributed by atoms with Gasteiger partial charge in [-0.3, -0.25) is 9.59 Å². The van der Waals surface area contributed by atoms with Gasteiger partial charge < -0.3 is 38.9 Å². The Morgan fingerprint density at radius 2 is 1.68 bits per heavy atom. The number of methoxy groups -OCH3 is 1. The van der Waals surface area contributed by atoms with Crippen molar-refractivity contribution < 1.29 is 38.1 Å². The lowest BCUT2D eigenvalue weighted by Gasteiger charge is -2.36. The van der Waals surface area contributed by atoms with Crippen LogP contribution in [0.4, 0.5) is 14.9 Å². The number of halogens is 1. The fourth-order valence-corrected chi connectivity index (χ4v) is 6.27. The molecule has 2 fully saturated rings. The largest absolute Gasteiger partial charge is 0.457 e. The first-order valence-corrected chi connectivity index (χ1v) is 16.6.